The lowest BCUT2D eigenvalue weighted by Gasteiger charge is -2.21. The molecule has 2 N–H and O–H groups in total. The molecule has 0 saturated heterocycles. The van der Waals surface area contributed by atoms with Crippen molar-refractivity contribution in [3.05, 3.63) is 29.8 Å². The quantitative estimate of drug-likeness (QED) is 0.845. The van der Waals surface area contributed by atoms with Crippen molar-refractivity contribution in [2.75, 3.05) is 19.8 Å². The van der Waals surface area contributed by atoms with Gasteiger partial charge in [0.05, 0.1) is 0 Å². The fourth-order valence-corrected chi connectivity index (χ4v) is 1.66. The molecule has 3 nitrogen and oxygen atoms in total. The highest BCUT2D eigenvalue weighted by atomic mass is 16.5. The molecule has 0 amide bonds. The van der Waals surface area contributed by atoms with Gasteiger partial charge in [0.2, 0.25) is 0 Å². The molecule has 0 aliphatic rings. The number of benzene rings is 1. The zero-order valence-electron chi connectivity index (χ0n) is 11.9. The van der Waals surface area contributed by atoms with Crippen LogP contribution in [0, 0.1) is 0 Å². The highest BCUT2D eigenvalue weighted by Gasteiger charge is 2.14. The SMILES string of the molecule is CCOC(CN)COc1cccc(C(C)(C)C)c1. The summed E-state index contributed by atoms with van der Waals surface area (Å²) in [6, 6.07) is 8.19. The maximum atomic E-state index is 5.74. The van der Waals surface area contributed by atoms with Crippen LogP contribution < -0.4 is 10.5 Å². The molecule has 0 heterocycles. The van der Waals surface area contributed by atoms with E-state index in [1.54, 1.807) is 0 Å². The molecule has 0 bridgehead atoms. The average Bonchev–Trinajstić information content (AvgIpc) is 2.34. The molecular weight excluding hydrogens is 226 g/mol. The first-order valence-corrected chi connectivity index (χ1v) is 6.52. The van der Waals surface area contributed by atoms with E-state index in [0.717, 1.165) is 5.75 Å². The summed E-state index contributed by atoms with van der Waals surface area (Å²) >= 11 is 0. The zero-order valence-corrected chi connectivity index (χ0v) is 11.9. The molecule has 0 saturated carbocycles. The fourth-order valence-electron chi connectivity index (χ4n) is 1.66. The topological polar surface area (TPSA) is 44.5 Å². The number of hydrogen-bond acceptors (Lipinski definition) is 3. The predicted octanol–water partition coefficient (Wildman–Crippen LogP) is 2.73. The third-order valence-corrected chi connectivity index (χ3v) is 2.80. The molecule has 0 aliphatic heterocycles. The number of ether oxygens (including phenoxy) is 2. The van der Waals surface area contributed by atoms with Gasteiger partial charge in [0, 0.05) is 13.2 Å². The van der Waals surface area contributed by atoms with Crippen molar-refractivity contribution in [3.8, 4) is 5.75 Å². The fraction of sp³-hybridized carbons (Fsp3) is 0.600. The maximum Gasteiger partial charge on any atom is 0.119 e. The maximum absolute atomic E-state index is 5.74. The van der Waals surface area contributed by atoms with Crippen molar-refractivity contribution < 1.29 is 9.47 Å². The Balaban J connectivity index is 2.62. The minimum Gasteiger partial charge on any atom is -0.491 e. The molecule has 1 aromatic carbocycles. The van der Waals surface area contributed by atoms with Gasteiger partial charge in [-0.25, -0.2) is 0 Å². The predicted molar refractivity (Wildman–Crippen MR) is 75.1 cm³/mol. The van der Waals surface area contributed by atoms with E-state index in [-0.39, 0.29) is 11.5 Å². The van der Waals surface area contributed by atoms with E-state index in [1.807, 2.05) is 19.1 Å². The zero-order chi connectivity index (χ0) is 13.6. The van der Waals surface area contributed by atoms with Gasteiger partial charge < -0.3 is 15.2 Å². The van der Waals surface area contributed by atoms with E-state index in [9.17, 15) is 0 Å². The van der Waals surface area contributed by atoms with Gasteiger partial charge in [0.15, 0.2) is 0 Å². The lowest BCUT2D eigenvalue weighted by atomic mass is 9.87. The van der Waals surface area contributed by atoms with Gasteiger partial charge in [-0.1, -0.05) is 32.9 Å². The Kier molecular flexibility index (Phi) is 5.63. The number of hydrogen-bond donors (Lipinski definition) is 1. The Bertz CT molecular complexity index is 358. The van der Waals surface area contributed by atoms with Crippen LogP contribution >= 0.6 is 0 Å². The molecule has 0 aromatic heterocycles. The lowest BCUT2D eigenvalue weighted by Crippen LogP contribution is -2.30. The van der Waals surface area contributed by atoms with Crippen LogP contribution in [0.4, 0.5) is 0 Å². The second kappa shape index (κ2) is 6.76. The van der Waals surface area contributed by atoms with Crippen LogP contribution in [0.2, 0.25) is 0 Å². The average molecular weight is 251 g/mol. The first-order chi connectivity index (χ1) is 8.47. The van der Waals surface area contributed by atoms with Crippen molar-refractivity contribution in [2.24, 2.45) is 5.73 Å². The smallest absolute Gasteiger partial charge is 0.119 e. The molecule has 0 radical (unpaired) electrons. The molecule has 0 aliphatic carbocycles. The normalized spacial score (nSPS) is 13.4. The van der Waals surface area contributed by atoms with E-state index < -0.39 is 0 Å². The van der Waals surface area contributed by atoms with Gasteiger partial charge >= 0.3 is 0 Å². The molecular formula is C15H25NO2. The van der Waals surface area contributed by atoms with Gasteiger partial charge in [-0.05, 0) is 30.0 Å². The second-order valence-corrected chi connectivity index (χ2v) is 5.40. The van der Waals surface area contributed by atoms with Gasteiger partial charge in [-0.15, -0.1) is 0 Å². The summed E-state index contributed by atoms with van der Waals surface area (Å²) in [4.78, 5) is 0. The van der Waals surface area contributed by atoms with Crippen molar-refractivity contribution in [1.82, 2.24) is 0 Å². The van der Waals surface area contributed by atoms with E-state index in [0.29, 0.717) is 19.8 Å². The van der Waals surface area contributed by atoms with E-state index in [4.69, 9.17) is 15.2 Å². The van der Waals surface area contributed by atoms with E-state index in [1.165, 1.54) is 5.56 Å². The lowest BCUT2D eigenvalue weighted by molar-refractivity contribution is 0.0336. The van der Waals surface area contributed by atoms with Crippen LogP contribution in [-0.4, -0.2) is 25.9 Å². The van der Waals surface area contributed by atoms with Crippen LogP contribution in [0.15, 0.2) is 24.3 Å². The molecule has 102 valence electrons. The van der Waals surface area contributed by atoms with Crippen molar-refractivity contribution >= 4 is 0 Å². The van der Waals surface area contributed by atoms with E-state index >= 15 is 0 Å². The minimum atomic E-state index is -0.0340. The molecule has 1 rings (SSSR count). The molecule has 1 atom stereocenters. The summed E-state index contributed by atoms with van der Waals surface area (Å²) in [5, 5.41) is 0. The Morgan fingerprint density at radius 1 is 1.28 bits per heavy atom. The summed E-state index contributed by atoms with van der Waals surface area (Å²) in [6.45, 7) is 10.2. The van der Waals surface area contributed by atoms with Gasteiger partial charge in [0.25, 0.3) is 0 Å². The van der Waals surface area contributed by atoms with Crippen LogP contribution in [0.1, 0.15) is 33.3 Å². The Labute approximate surface area is 110 Å². The number of nitrogens with two attached hydrogens (primary N) is 1. The number of rotatable bonds is 6. The molecule has 0 fully saturated rings. The highest BCUT2D eigenvalue weighted by molar-refractivity contribution is 5.32. The third-order valence-electron chi connectivity index (χ3n) is 2.80. The molecule has 3 heteroatoms. The summed E-state index contributed by atoms with van der Waals surface area (Å²) in [5.74, 6) is 0.876. The second-order valence-electron chi connectivity index (χ2n) is 5.40. The largest absolute Gasteiger partial charge is 0.491 e. The standard InChI is InChI=1S/C15H25NO2/c1-5-17-14(10-16)11-18-13-8-6-7-12(9-13)15(2,3)4/h6-9,14H,5,10-11,16H2,1-4H3. The summed E-state index contributed by atoms with van der Waals surface area (Å²) in [5.41, 5.74) is 7.01. The summed E-state index contributed by atoms with van der Waals surface area (Å²) < 4.78 is 11.2. The van der Waals surface area contributed by atoms with Crippen LogP contribution in [0.3, 0.4) is 0 Å². The minimum absolute atomic E-state index is 0.0340. The summed E-state index contributed by atoms with van der Waals surface area (Å²) in [7, 11) is 0. The Morgan fingerprint density at radius 2 is 2.00 bits per heavy atom. The molecule has 0 spiro atoms. The first kappa shape index (κ1) is 15.0. The summed E-state index contributed by atoms with van der Waals surface area (Å²) in [6.07, 6.45) is -0.0340. The van der Waals surface area contributed by atoms with Gasteiger partial charge in [0.1, 0.15) is 18.5 Å². The molecule has 1 unspecified atom stereocenters. The Hall–Kier alpha value is -1.06. The van der Waals surface area contributed by atoms with Crippen molar-refractivity contribution in [3.63, 3.8) is 0 Å². The van der Waals surface area contributed by atoms with Crippen LogP contribution in [0.25, 0.3) is 0 Å². The van der Waals surface area contributed by atoms with E-state index in [2.05, 4.69) is 32.9 Å². The van der Waals surface area contributed by atoms with Crippen molar-refractivity contribution in [2.45, 2.75) is 39.2 Å². The Morgan fingerprint density at radius 3 is 2.56 bits per heavy atom. The molecule has 18 heavy (non-hydrogen) atoms. The monoisotopic (exact) mass is 251 g/mol. The van der Waals surface area contributed by atoms with Crippen LogP contribution in [-0.2, 0) is 10.2 Å². The van der Waals surface area contributed by atoms with Gasteiger partial charge in [-0.3, -0.25) is 0 Å². The first-order valence-electron chi connectivity index (χ1n) is 6.52. The highest BCUT2D eigenvalue weighted by Crippen LogP contribution is 2.25. The molecule has 1 aromatic rings. The van der Waals surface area contributed by atoms with Crippen LogP contribution in [0.5, 0.6) is 5.75 Å². The van der Waals surface area contributed by atoms with Crippen molar-refractivity contribution in [1.29, 1.82) is 0 Å². The van der Waals surface area contributed by atoms with Gasteiger partial charge in [-0.2, -0.15) is 0 Å². The third kappa shape index (κ3) is 4.67.